The summed E-state index contributed by atoms with van der Waals surface area (Å²) in [4.78, 5) is 2.31. The minimum absolute atomic E-state index is 0.232. The fraction of sp³-hybridized carbons (Fsp3) is 0.278. The van der Waals surface area contributed by atoms with Crippen LogP contribution in [0, 0.1) is 5.82 Å². The van der Waals surface area contributed by atoms with Gasteiger partial charge in [-0.05, 0) is 59.0 Å². The quantitative estimate of drug-likeness (QED) is 0.608. The second-order valence-electron chi connectivity index (χ2n) is 6.62. The van der Waals surface area contributed by atoms with Gasteiger partial charge in [0.15, 0.2) is 5.82 Å². The molecule has 8 nitrogen and oxygen atoms in total. The lowest BCUT2D eigenvalue weighted by atomic mass is 10.3. The molecule has 1 aliphatic rings. The summed E-state index contributed by atoms with van der Waals surface area (Å²) in [5.41, 5.74) is 0.662. The lowest BCUT2D eigenvalue weighted by Crippen LogP contribution is -2.48. The zero-order valence-electron chi connectivity index (χ0n) is 15.3. The largest absolute Gasteiger partial charge is 0.293 e. The van der Waals surface area contributed by atoms with Gasteiger partial charge in [-0.25, -0.2) is 12.8 Å². The van der Waals surface area contributed by atoms with Crippen LogP contribution in [0.1, 0.15) is 5.82 Å². The van der Waals surface area contributed by atoms with E-state index in [4.69, 9.17) is 11.6 Å². The maximum absolute atomic E-state index is 13.1. The third kappa shape index (κ3) is 4.30. The highest BCUT2D eigenvalue weighted by Crippen LogP contribution is 2.20. The number of hydrogen-bond acceptors (Lipinski definition) is 6. The molecule has 2 heterocycles. The van der Waals surface area contributed by atoms with Crippen LogP contribution in [0.25, 0.3) is 5.69 Å². The van der Waals surface area contributed by atoms with E-state index in [0.29, 0.717) is 49.3 Å². The summed E-state index contributed by atoms with van der Waals surface area (Å²) in [6.07, 6.45) is 0. The molecule has 0 spiro atoms. The van der Waals surface area contributed by atoms with E-state index in [-0.39, 0.29) is 10.7 Å². The molecule has 0 bridgehead atoms. The number of hydrogen-bond donors (Lipinski definition) is 0. The van der Waals surface area contributed by atoms with E-state index < -0.39 is 10.0 Å². The number of nitrogens with zero attached hydrogens (tertiary/aromatic N) is 6. The molecule has 0 N–H and O–H groups in total. The summed E-state index contributed by atoms with van der Waals surface area (Å²) in [7, 11) is -3.55. The first-order valence-corrected chi connectivity index (χ1v) is 10.8. The average molecular weight is 437 g/mol. The Hall–Kier alpha value is -2.40. The van der Waals surface area contributed by atoms with E-state index in [1.807, 2.05) is 0 Å². The Morgan fingerprint density at radius 1 is 0.966 bits per heavy atom. The Morgan fingerprint density at radius 2 is 1.62 bits per heavy atom. The van der Waals surface area contributed by atoms with Crippen LogP contribution in [0.15, 0.2) is 53.4 Å². The molecule has 1 aromatic heterocycles. The van der Waals surface area contributed by atoms with Crippen LogP contribution in [-0.2, 0) is 16.6 Å². The molecular formula is C18H18ClFN6O2S. The third-order valence-electron chi connectivity index (χ3n) is 4.75. The molecule has 0 radical (unpaired) electrons. The first-order chi connectivity index (χ1) is 13.9. The molecule has 29 heavy (non-hydrogen) atoms. The van der Waals surface area contributed by atoms with E-state index in [2.05, 4.69) is 20.4 Å². The highest BCUT2D eigenvalue weighted by atomic mass is 35.5. The molecule has 1 aliphatic heterocycles. The number of tetrazole rings is 1. The van der Waals surface area contributed by atoms with Gasteiger partial charge in [0.05, 0.1) is 17.1 Å². The number of piperazine rings is 1. The van der Waals surface area contributed by atoms with Crippen LogP contribution in [0.5, 0.6) is 0 Å². The van der Waals surface area contributed by atoms with Crippen molar-refractivity contribution < 1.29 is 12.8 Å². The van der Waals surface area contributed by atoms with E-state index in [1.54, 1.807) is 28.9 Å². The second kappa shape index (κ2) is 8.15. The van der Waals surface area contributed by atoms with Crippen molar-refractivity contribution in [1.29, 1.82) is 0 Å². The van der Waals surface area contributed by atoms with Crippen molar-refractivity contribution >= 4 is 21.6 Å². The second-order valence-corrected chi connectivity index (χ2v) is 8.99. The van der Waals surface area contributed by atoms with Gasteiger partial charge in [0.25, 0.3) is 0 Å². The first-order valence-electron chi connectivity index (χ1n) is 8.95. The van der Waals surface area contributed by atoms with Gasteiger partial charge < -0.3 is 0 Å². The standard InChI is InChI=1S/C18H18ClFN6O2S/c19-14-1-7-17(8-2-14)29(27,28)25-11-9-24(10-12-25)13-18-21-22-23-26(18)16-5-3-15(20)4-6-16/h1-8H,9-13H2. The molecule has 0 saturated carbocycles. The van der Waals surface area contributed by atoms with Gasteiger partial charge in [-0.2, -0.15) is 8.99 Å². The Balaban J connectivity index is 1.42. The molecule has 0 amide bonds. The lowest BCUT2D eigenvalue weighted by molar-refractivity contribution is 0.177. The van der Waals surface area contributed by atoms with Crippen molar-refractivity contribution in [3.05, 3.63) is 65.2 Å². The molecule has 3 aromatic rings. The molecule has 0 aliphatic carbocycles. The van der Waals surface area contributed by atoms with E-state index in [9.17, 15) is 12.8 Å². The predicted molar refractivity (Wildman–Crippen MR) is 105 cm³/mol. The van der Waals surface area contributed by atoms with E-state index >= 15 is 0 Å². The smallest absolute Gasteiger partial charge is 0.243 e. The summed E-state index contributed by atoms with van der Waals surface area (Å²) in [5, 5.41) is 12.2. The van der Waals surface area contributed by atoms with Crippen molar-refractivity contribution in [3.63, 3.8) is 0 Å². The molecule has 152 valence electrons. The minimum atomic E-state index is -3.55. The van der Waals surface area contributed by atoms with Crippen molar-refractivity contribution in [2.24, 2.45) is 0 Å². The minimum Gasteiger partial charge on any atom is -0.293 e. The van der Waals surface area contributed by atoms with Gasteiger partial charge in [-0.1, -0.05) is 11.6 Å². The molecule has 11 heteroatoms. The van der Waals surface area contributed by atoms with Gasteiger partial charge in [-0.15, -0.1) is 5.10 Å². The van der Waals surface area contributed by atoms with Crippen LogP contribution in [-0.4, -0.2) is 64.0 Å². The molecular weight excluding hydrogens is 419 g/mol. The lowest BCUT2D eigenvalue weighted by Gasteiger charge is -2.33. The van der Waals surface area contributed by atoms with E-state index in [1.165, 1.54) is 28.6 Å². The Labute approximate surface area is 172 Å². The normalized spacial score (nSPS) is 16.2. The fourth-order valence-electron chi connectivity index (χ4n) is 3.17. The van der Waals surface area contributed by atoms with Crippen LogP contribution < -0.4 is 0 Å². The highest BCUT2D eigenvalue weighted by Gasteiger charge is 2.29. The molecule has 1 fully saturated rings. The van der Waals surface area contributed by atoms with Crippen molar-refractivity contribution in [1.82, 2.24) is 29.4 Å². The number of benzene rings is 2. The SMILES string of the molecule is O=S(=O)(c1ccc(Cl)cc1)N1CCN(Cc2nnnn2-c2ccc(F)cc2)CC1. The zero-order valence-corrected chi connectivity index (χ0v) is 16.9. The number of aromatic nitrogens is 4. The highest BCUT2D eigenvalue weighted by molar-refractivity contribution is 7.89. The average Bonchev–Trinajstić information content (AvgIpc) is 3.17. The van der Waals surface area contributed by atoms with Crippen LogP contribution >= 0.6 is 11.6 Å². The Kier molecular flexibility index (Phi) is 5.59. The topological polar surface area (TPSA) is 84.2 Å². The molecule has 0 unspecified atom stereocenters. The molecule has 0 atom stereocenters. The van der Waals surface area contributed by atoms with Crippen LogP contribution in [0.4, 0.5) is 4.39 Å². The molecule has 4 rings (SSSR count). The molecule has 1 saturated heterocycles. The number of rotatable bonds is 5. The Morgan fingerprint density at radius 3 is 2.28 bits per heavy atom. The Bertz CT molecular complexity index is 1080. The maximum atomic E-state index is 13.1. The van der Waals surface area contributed by atoms with Crippen molar-refractivity contribution in [3.8, 4) is 5.69 Å². The van der Waals surface area contributed by atoms with Gasteiger partial charge in [0.1, 0.15) is 5.82 Å². The first kappa shape index (κ1) is 19.9. The summed E-state index contributed by atoms with van der Waals surface area (Å²) < 4.78 is 41.7. The predicted octanol–water partition coefficient (Wildman–Crippen LogP) is 1.96. The van der Waals surface area contributed by atoms with Crippen molar-refractivity contribution in [2.45, 2.75) is 11.4 Å². The maximum Gasteiger partial charge on any atom is 0.243 e. The summed E-state index contributed by atoms with van der Waals surface area (Å²) in [6.45, 7) is 2.28. The van der Waals surface area contributed by atoms with Gasteiger partial charge in [0.2, 0.25) is 10.0 Å². The summed E-state index contributed by atoms with van der Waals surface area (Å²) in [6, 6.07) is 12.1. The van der Waals surface area contributed by atoms with Gasteiger partial charge in [-0.3, -0.25) is 4.90 Å². The van der Waals surface area contributed by atoms with Gasteiger partial charge >= 0.3 is 0 Å². The van der Waals surface area contributed by atoms with Crippen LogP contribution in [0.2, 0.25) is 5.02 Å². The van der Waals surface area contributed by atoms with Crippen molar-refractivity contribution in [2.75, 3.05) is 26.2 Å². The fourth-order valence-corrected chi connectivity index (χ4v) is 4.72. The summed E-state index contributed by atoms with van der Waals surface area (Å²) in [5.74, 6) is 0.270. The number of halogens is 2. The number of sulfonamides is 1. The van der Waals surface area contributed by atoms with E-state index in [0.717, 1.165) is 0 Å². The zero-order chi connectivity index (χ0) is 20.4. The summed E-state index contributed by atoms with van der Waals surface area (Å²) >= 11 is 5.85. The monoisotopic (exact) mass is 436 g/mol. The van der Waals surface area contributed by atoms with Gasteiger partial charge in [0, 0.05) is 31.2 Å². The third-order valence-corrected chi connectivity index (χ3v) is 6.92. The molecule has 2 aromatic carbocycles. The van der Waals surface area contributed by atoms with Crippen LogP contribution in [0.3, 0.4) is 0 Å².